The van der Waals surface area contributed by atoms with Crippen molar-refractivity contribution in [3.63, 3.8) is 0 Å². The van der Waals surface area contributed by atoms with Crippen molar-refractivity contribution in [2.75, 3.05) is 5.32 Å². The second-order valence-electron chi connectivity index (χ2n) is 1.78. The fraction of sp³-hybridized carbons (Fsp3) is 0. The molecule has 1 heterocycles. The van der Waals surface area contributed by atoms with Crippen LogP contribution in [-0.4, -0.2) is 9.30 Å². The van der Waals surface area contributed by atoms with Gasteiger partial charge in [0.2, 0.25) is 0 Å². The minimum Gasteiger partial charge on any atom is -0.411 e. The van der Waals surface area contributed by atoms with Crippen LogP contribution >= 0.6 is 23.8 Å². The van der Waals surface area contributed by atoms with Crippen molar-refractivity contribution >= 4 is 46.5 Å². The van der Waals surface area contributed by atoms with Gasteiger partial charge in [-0.05, 0) is 12.1 Å². The average molecular weight is 204 g/mol. The topological polar surface area (TPSA) is 24.9 Å². The summed E-state index contributed by atoms with van der Waals surface area (Å²) in [6.07, 6.45) is 1.57. The molecule has 0 saturated carbocycles. The first-order chi connectivity index (χ1) is 5.18. The number of nitrogens with zero attached hydrogens (tertiary/aromatic N) is 1. The number of hydrogen-bond donors (Lipinski definition) is 1. The third kappa shape index (κ3) is 2.96. The second kappa shape index (κ2) is 3.80. The molecule has 0 aliphatic rings. The van der Waals surface area contributed by atoms with Gasteiger partial charge in [-0.3, -0.25) is 0 Å². The lowest BCUT2D eigenvalue weighted by atomic mass is 10.4. The van der Waals surface area contributed by atoms with Gasteiger partial charge in [0.05, 0.1) is 11.9 Å². The number of hydrogen-bond acceptors (Lipinski definition) is 3. The maximum atomic E-state index is 5.55. The highest BCUT2D eigenvalue weighted by atomic mass is 35.5. The molecule has 0 amide bonds. The summed E-state index contributed by atoms with van der Waals surface area (Å²) in [5, 5.41) is 3.21. The number of rotatable bonds is 1. The van der Waals surface area contributed by atoms with Crippen LogP contribution in [0.3, 0.4) is 0 Å². The lowest BCUT2D eigenvalue weighted by molar-refractivity contribution is 1.33. The molecule has 1 aromatic heterocycles. The van der Waals surface area contributed by atoms with Gasteiger partial charge in [-0.15, -0.1) is 0 Å². The van der Waals surface area contributed by atoms with Crippen molar-refractivity contribution in [3.05, 3.63) is 23.5 Å². The van der Waals surface area contributed by atoms with Gasteiger partial charge in [0.25, 0.3) is 0 Å². The first kappa shape index (κ1) is 8.64. The van der Waals surface area contributed by atoms with E-state index in [1.165, 1.54) is 0 Å². The van der Waals surface area contributed by atoms with Gasteiger partial charge < -0.3 is 30.2 Å². The predicted molar refractivity (Wildman–Crippen MR) is 52.8 cm³/mol. The Hall–Kier alpha value is -0.450. The van der Waals surface area contributed by atoms with E-state index >= 15 is 0 Å². The Morgan fingerprint density at radius 3 is 2.82 bits per heavy atom. The van der Waals surface area contributed by atoms with Crippen LogP contribution in [0.2, 0.25) is 5.15 Å². The van der Waals surface area contributed by atoms with Crippen molar-refractivity contribution < 1.29 is 0 Å². The minimum atomic E-state index is 0.300. The van der Waals surface area contributed by atoms with E-state index in [-0.39, 0.29) is 0 Å². The Kier molecular flexibility index (Phi) is 2.99. The van der Waals surface area contributed by atoms with E-state index in [9.17, 15) is 0 Å². The third-order valence-corrected chi connectivity index (χ3v) is 1.40. The van der Waals surface area contributed by atoms with Gasteiger partial charge in [-0.25, -0.2) is 4.98 Å². The minimum absolute atomic E-state index is 0.300. The molecule has 1 N–H and O–H groups in total. The van der Waals surface area contributed by atoms with Crippen molar-refractivity contribution in [2.24, 2.45) is 0 Å². The number of anilines is 1. The molecule has 0 radical (unpaired) electrons. The van der Waals surface area contributed by atoms with Gasteiger partial charge in [-0.1, -0.05) is 15.9 Å². The number of pyridine rings is 1. The second-order valence-corrected chi connectivity index (χ2v) is 3.24. The summed E-state index contributed by atoms with van der Waals surface area (Å²) in [7, 11) is 0. The predicted octanol–water partition coefficient (Wildman–Crippen LogP) is 1.98. The van der Waals surface area contributed by atoms with Crippen LogP contribution in [0, 0.1) is 0 Å². The van der Waals surface area contributed by atoms with Crippen LogP contribution in [0.15, 0.2) is 18.3 Å². The molecule has 0 aromatic carbocycles. The van der Waals surface area contributed by atoms with Crippen LogP contribution in [0.25, 0.3) is 0 Å². The molecular weight excluding hydrogens is 200 g/mol. The summed E-state index contributed by atoms with van der Waals surface area (Å²) in [5.74, 6) is 0. The van der Waals surface area contributed by atoms with E-state index in [4.69, 9.17) is 11.6 Å². The van der Waals surface area contributed by atoms with E-state index in [1.807, 2.05) is 0 Å². The zero-order valence-electron chi connectivity index (χ0n) is 5.37. The molecule has 2 nitrogen and oxygen atoms in total. The van der Waals surface area contributed by atoms with Crippen LogP contribution in [0.1, 0.15) is 0 Å². The number of halogens is 1. The summed E-state index contributed by atoms with van der Waals surface area (Å²) in [6.45, 7) is 0. The maximum Gasteiger partial charge on any atom is 0.129 e. The Morgan fingerprint density at radius 1 is 1.64 bits per heavy atom. The molecule has 1 aromatic rings. The Morgan fingerprint density at radius 2 is 2.36 bits per heavy atom. The van der Waals surface area contributed by atoms with Crippen LogP contribution in [0.4, 0.5) is 5.69 Å². The molecule has 0 aliphatic carbocycles. The lowest BCUT2D eigenvalue weighted by Gasteiger charge is -2.07. The first-order valence-corrected chi connectivity index (χ1v) is 3.97. The van der Waals surface area contributed by atoms with Crippen LogP contribution < -0.4 is 5.32 Å². The fourth-order valence-corrected chi connectivity index (χ4v) is 0.915. The molecule has 0 fully saturated rings. The van der Waals surface area contributed by atoms with E-state index in [0.29, 0.717) is 9.47 Å². The van der Waals surface area contributed by atoms with Crippen molar-refractivity contribution in [3.8, 4) is 0 Å². The van der Waals surface area contributed by atoms with Gasteiger partial charge in [0, 0.05) is 0 Å². The third-order valence-electron chi connectivity index (χ3n) is 0.974. The Bertz CT molecular complexity index is 260. The maximum absolute atomic E-state index is 5.55. The standard InChI is InChI=1S/C6H5ClN2S2/c7-5-2-1-4(3-8-5)9-6(10)11/h1-3H,(H2,9,10,11)/p-1. The molecule has 0 bridgehead atoms. The molecule has 0 saturated heterocycles. The highest BCUT2D eigenvalue weighted by molar-refractivity contribution is 8.00. The zero-order valence-corrected chi connectivity index (χ0v) is 7.76. The monoisotopic (exact) mass is 203 g/mol. The zero-order chi connectivity index (χ0) is 8.27. The highest BCUT2D eigenvalue weighted by Gasteiger charge is 1.89. The molecule has 5 heteroatoms. The van der Waals surface area contributed by atoms with E-state index in [1.54, 1.807) is 18.3 Å². The molecule has 11 heavy (non-hydrogen) atoms. The van der Waals surface area contributed by atoms with Gasteiger partial charge in [0.15, 0.2) is 0 Å². The summed E-state index contributed by atoms with van der Waals surface area (Å²) >= 11 is 14.9. The van der Waals surface area contributed by atoms with Crippen LogP contribution in [0.5, 0.6) is 0 Å². The summed E-state index contributed by atoms with van der Waals surface area (Å²) in [4.78, 5) is 3.83. The van der Waals surface area contributed by atoms with Gasteiger partial charge >= 0.3 is 0 Å². The largest absolute Gasteiger partial charge is 0.411 e. The SMILES string of the molecule is S=C([S-])Nc1ccc(Cl)nc1. The van der Waals surface area contributed by atoms with Crippen molar-refractivity contribution in [1.82, 2.24) is 4.98 Å². The van der Waals surface area contributed by atoms with E-state index in [2.05, 4.69) is 35.1 Å². The molecule has 1 rings (SSSR count). The Labute approximate surface area is 80.4 Å². The molecule has 0 spiro atoms. The number of aromatic nitrogens is 1. The van der Waals surface area contributed by atoms with E-state index < -0.39 is 0 Å². The van der Waals surface area contributed by atoms with Gasteiger partial charge in [0.1, 0.15) is 5.15 Å². The first-order valence-electron chi connectivity index (χ1n) is 2.78. The highest BCUT2D eigenvalue weighted by Crippen LogP contribution is 2.09. The molecule has 0 atom stereocenters. The quantitative estimate of drug-likeness (QED) is 0.429. The summed E-state index contributed by atoms with van der Waals surface area (Å²) < 4.78 is 0.300. The van der Waals surface area contributed by atoms with E-state index in [0.717, 1.165) is 5.69 Å². The summed E-state index contributed by atoms with van der Waals surface area (Å²) in [5.41, 5.74) is 0.759. The van der Waals surface area contributed by atoms with Gasteiger partial charge in [-0.2, -0.15) is 0 Å². The molecule has 58 valence electrons. The van der Waals surface area contributed by atoms with Crippen molar-refractivity contribution in [2.45, 2.75) is 0 Å². The number of nitrogens with one attached hydrogen (secondary N) is 1. The number of thiocarbonyl (C=S) groups is 1. The lowest BCUT2D eigenvalue weighted by Crippen LogP contribution is -2.04. The summed E-state index contributed by atoms with van der Waals surface area (Å²) in [6, 6.07) is 3.42. The average Bonchev–Trinajstić information content (AvgIpc) is 1.93. The molecule has 0 aliphatic heterocycles. The molecule has 0 unspecified atom stereocenters. The Balaban J connectivity index is 2.74. The molecular formula is C6H4ClN2S2-. The van der Waals surface area contributed by atoms with Crippen LogP contribution in [-0.2, 0) is 12.6 Å². The van der Waals surface area contributed by atoms with Crippen molar-refractivity contribution in [1.29, 1.82) is 0 Å². The normalized spacial score (nSPS) is 9.18. The smallest absolute Gasteiger partial charge is 0.129 e. The fourth-order valence-electron chi connectivity index (χ4n) is 0.568.